The highest BCUT2D eigenvalue weighted by atomic mass is 35.5. The lowest BCUT2D eigenvalue weighted by Gasteiger charge is -2.09. The summed E-state index contributed by atoms with van der Waals surface area (Å²) >= 11 is 11.1. The number of carboxylic acid groups (broad SMARTS) is 1. The van der Waals surface area contributed by atoms with Crippen LogP contribution in [0.2, 0.25) is 5.02 Å². The molecule has 0 saturated heterocycles. The predicted octanol–water partition coefficient (Wildman–Crippen LogP) is 4.87. The summed E-state index contributed by atoms with van der Waals surface area (Å²) in [5.41, 5.74) is 3.02. The first kappa shape index (κ1) is 25.0. The maximum atomic E-state index is 12.8. The quantitative estimate of drug-likeness (QED) is 0.219. The lowest BCUT2D eigenvalue weighted by atomic mass is 10.1. The van der Waals surface area contributed by atoms with Crippen LogP contribution in [-0.4, -0.2) is 36.8 Å². The van der Waals surface area contributed by atoms with Crippen LogP contribution in [0.3, 0.4) is 0 Å². The van der Waals surface area contributed by atoms with Gasteiger partial charge in [-0.2, -0.15) is 23.4 Å². The molecule has 3 aromatic rings. The van der Waals surface area contributed by atoms with Gasteiger partial charge in [0.2, 0.25) is 0 Å². The molecule has 0 unspecified atom stereocenters. The molecule has 0 spiro atoms. The maximum Gasteiger partial charge on any atom is 0.416 e. The van der Waals surface area contributed by atoms with Gasteiger partial charge in [0.15, 0.2) is 16.6 Å². The number of nitrogens with zero attached hydrogens (tertiary/aromatic N) is 3. The number of aromatic carboxylic acids is 1. The van der Waals surface area contributed by atoms with Gasteiger partial charge in [-0.05, 0) is 49.5 Å². The number of carboxylic acids is 1. The molecule has 3 rings (SSSR count). The van der Waals surface area contributed by atoms with Crippen molar-refractivity contribution in [2.75, 3.05) is 5.32 Å². The third-order valence-corrected chi connectivity index (χ3v) is 5.14. The number of aryl methyl sites for hydroxylation is 1. The summed E-state index contributed by atoms with van der Waals surface area (Å²) in [5, 5.41) is 30.8. The van der Waals surface area contributed by atoms with Gasteiger partial charge in [0.05, 0.1) is 21.9 Å². The molecule has 0 atom stereocenters. The molecule has 0 aliphatic rings. The highest BCUT2D eigenvalue weighted by Crippen LogP contribution is 2.35. The van der Waals surface area contributed by atoms with E-state index in [2.05, 4.69) is 20.9 Å². The largest absolute Gasteiger partial charge is 0.504 e. The van der Waals surface area contributed by atoms with Crippen molar-refractivity contribution in [3.8, 4) is 17.0 Å². The van der Waals surface area contributed by atoms with E-state index in [1.165, 1.54) is 42.1 Å². The van der Waals surface area contributed by atoms with Gasteiger partial charge in [0.25, 0.3) is 0 Å². The average Bonchev–Trinajstić information content (AvgIpc) is 3.05. The topological polar surface area (TPSA) is 112 Å². The van der Waals surface area contributed by atoms with E-state index in [1.807, 2.05) is 0 Å². The lowest BCUT2D eigenvalue weighted by molar-refractivity contribution is -0.137. The number of benzene rings is 2. The highest BCUT2D eigenvalue weighted by molar-refractivity contribution is 7.80. The first-order valence-corrected chi connectivity index (χ1v) is 10.2. The van der Waals surface area contributed by atoms with Gasteiger partial charge in [0.1, 0.15) is 5.69 Å². The van der Waals surface area contributed by atoms with E-state index in [1.54, 1.807) is 6.92 Å². The Morgan fingerprint density at radius 2 is 1.85 bits per heavy atom. The number of thiocarbonyl (C=S) groups is 1. The van der Waals surface area contributed by atoms with Crippen LogP contribution in [0.15, 0.2) is 47.6 Å². The molecule has 8 nitrogen and oxygen atoms in total. The van der Waals surface area contributed by atoms with Crippen LogP contribution in [-0.2, 0) is 13.2 Å². The number of alkyl halides is 3. The maximum absolute atomic E-state index is 12.8. The van der Waals surface area contributed by atoms with Crippen molar-refractivity contribution in [1.29, 1.82) is 0 Å². The van der Waals surface area contributed by atoms with Crippen LogP contribution in [0, 0.1) is 0 Å². The zero-order valence-corrected chi connectivity index (χ0v) is 19.2. The molecule has 0 aliphatic carbocycles. The number of nitrogens with one attached hydrogen (secondary N) is 2. The number of carbonyl (C=O) groups is 1. The first-order chi connectivity index (χ1) is 15.9. The van der Waals surface area contributed by atoms with Gasteiger partial charge in [-0.15, -0.1) is 0 Å². The third kappa shape index (κ3) is 5.46. The van der Waals surface area contributed by atoms with Crippen molar-refractivity contribution in [3.63, 3.8) is 0 Å². The summed E-state index contributed by atoms with van der Waals surface area (Å²) in [5.74, 6) is -1.43. The zero-order chi connectivity index (χ0) is 25.2. The SMILES string of the molecule is C/C(=N\NC(=S)Nc1ccc(C(=O)O)c(Cl)c1)c1nn(C)c(-c2ccc(C(F)(F)F)cc2)c1O. The molecule has 34 heavy (non-hydrogen) atoms. The Bertz CT molecular complexity index is 1290. The van der Waals surface area contributed by atoms with Crippen LogP contribution in [0.1, 0.15) is 28.5 Å². The molecule has 1 heterocycles. The molecule has 0 saturated carbocycles. The monoisotopic (exact) mass is 511 g/mol. The standard InChI is InChI=1S/C21H17ClF3N5O3S/c1-10(27-28-20(34)26-13-7-8-14(19(32)33)15(22)9-13)16-18(31)17(30(2)29-16)11-3-5-12(6-4-11)21(23,24)25/h3-9,31H,1-2H3,(H,32,33)(H2,26,28,34)/b27-10+. The number of aromatic hydroxyl groups is 1. The van der Waals surface area contributed by atoms with Crippen LogP contribution in [0.25, 0.3) is 11.3 Å². The van der Waals surface area contributed by atoms with Crippen molar-refractivity contribution in [2.24, 2.45) is 12.1 Å². The van der Waals surface area contributed by atoms with Crippen molar-refractivity contribution < 1.29 is 28.2 Å². The Balaban J connectivity index is 1.75. The fourth-order valence-corrected chi connectivity index (χ4v) is 3.43. The predicted molar refractivity (Wildman–Crippen MR) is 125 cm³/mol. The number of hydrogen-bond donors (Lipinski definition) is 4. The van der Waals surface area contributed by atoms with E-state index in [-0.39, 0.29) is 38.5 Å². The minimum absolute atomic E-state index is 0.0224. The molecule has 4 N–H and O–H groups in total. The molecule has 0 aliphatic heterocycles. The van der Waals surface area contributed by atoms with Gasteiger partial charge in [-0.25, -0.2) is 4.79 Å². The van der Waals surface area contributed by atoms with Gasteiger partial charge >= 0.3 is 12.1 Å². The second-order valence-electron chi connectivity index (χ2n) is 7.01. The molecule has 0 bridgehead atoms. The average molecular weight is 512 g/mol. The fraction of sp³-hybridized carbons (Fsp3) is 0.143. The first-order valence-electron chi connectivity index (χ1n) is 9.46. The summed E-state index contributed by atoms with van der Waals surface area (Å²) in [6.07, 6.45) is -4.47. The van der Waals surface area contributed by atoms with Gasteiger partial charge in [-0.3, -0.25) is 10.1 Å². The number of anilines is 1. The molecule has 178 valence electrons. The molecular weight excluding hydrogens is 495 g/mol. The van der Waals surface area contributed by atoms with Crippen molar-refractivity contribution in [2.45, 2.75) is 13.1 Å². The minimum atomic E-state index is -4.47. The van der Waals surface area contributed by atoms with Crippen molar-refractivity contribution in [1.82, 2.24) is 15.2 Å². The van der Waals surface area contributed by atoms with Gasteiger partial charge in [0, 0.05) is 18.3 Å². The summed E-state index contributed by atoms with van der Waals surface area (Å²) in [6.45, 7) is 1.55. The van der Waals surface area contributed by atoms with E-state index < -0.39 is 17.7 Å². The number of hydrazone groups is 1. The van der Waals surface area contributed by atoms with Crippen LogP contribution >= 0.6 is 23.8 Å². The summed E-state index contributed by atoms with van der Waals surface area (Å²) in [4.78, 5) is 11.0. The minimum Gasteiger partial charge on any atom is -0.504 e. The normalized spacial score (nSPS) is 11.9. The Kier molecular flexibility index (Phi) is 7.12. The van der Waals surface area contributed by atoms with Crippen LogP contribution < -0.4 is 10.7 Å². The molecule has 0 amide bonds. The van der Waals surface area contributed by atoms with Gasteiger partial charge < -0.3 is 15.5 Å². The fourth-order valence-electron chi connectivity index (χ4n) is 3.01. The Morgan fingerprint density at radius 1 is 1.21 bits per heavy atom. The summed E-state index contributed by atoms with van der Waals surface area (Å²) in [6, 6.07) is 8.50. The molecule has 13 heteroatoms. The Morgan fingerprint density at radius 3 is 2.41 bits per heavy atom. The van der Waals surface area contributed by atoms with E-state index in [0.29, 0.717) is 11.3 Å². The zero-order valence-electron chi connectivity index (χ0n) is 17.6. The van der Waals surface area contributed by atoms with Gasteiger partial charge in [-0.1, -0.05) is 23.7 Å². The lowest BCUT2D eigenvalue weighted by Crippen LogP contribution is -2.25. The van der Waals surface area contributed by atoms with E-state index in [4.69, 9.17) is 28.9 Å². The van der Waals surface area contributed by atoms with E-state index >= 15 is 0 Å². The highest BCUT2D eigenvalue weighted by Gasteiger charge is 2.30. The molecule has 2 aromatic carbocycles. The molecular formula is C21H17ClF3N5O3S. The Hall–Kier alpha value is -3.64. The smallest absolute Gasteiger partial charge is 0.416 e. The van der Waals surface area contributed by atoms with E-state index in [0.717, 1.165) is 12.1 Å². The van der Waals surface area contributed by atoms with Crippen LogP contribution in [0.4, 0.5) is 18.9 Å². The summed E-state index contributed by atoms with van der Waals surface area (Å²) in [7, 11) is 1.54. The Labute approximate surface area is 201 Å². The van der Waals surface area contributed by atoms with E-state index in [9.17, 15) is 23.1 Å². The van der Waals surface area contributed by atoms with Crippen molar-refractivity contribution in [3.05, 3.63) is 64.3 Å². The molecule has 0 fully saturated rings. The number of aromatic nitrogens is 2. The van der Waals surface area contributed by atoms with Crippen LogP contribution in [0.5, 0.6) is 5.75 Å². The second-order valence-corrected chi connectivity index (χ2v) is 7.82. The molecule has 1 aromatic heterocycles. The number of rotatable bonds is 5. The second kappa shape index (κ2) is 9.69. The van der Waals surface area contributed by atoms with Crippen molar-refractivity contribution >= 4 is 46.3 Å². The molecule has 0 radical (unpaired) electrons. The number of hydrogen-bond acceptors (Lipinski definition) is 5. The number of halogens is 4. The third-order valence-electron chi connectivity index (χ3n) is 4.63. The summed E-state index contributed by atoms with van der Waals surface area (Å²) < 4.78 is 39.8.